The lowest BCUT2D eigenvalue weighted by Crippen LogP contribution is -2.39. The van der Waals surface area contributed by atoms with E-state index in [1.165, 1.54) is 21.3 Å². The number of hydroxylamine groups is 3. The molecule has 15 heteroatoms. The number of hydrogen-bond donors (Lipinski definition) is 3. The Balaban J connectivity index is 3.26. The van der Waals surface area contributed by atoms with E-state index in [-0.39, 0.29) is 37.3 Å². The second-order valence-electron chi connectivity index (χ2n) is 6.24. The van der Waals surface area contributed by atoms with Gasteiger partial charge in [0.25, 0.3) is 17.7 Å². The lowest BCUT2D eigenvalue weighted by Gasteiger charge is -2.19. The second kappa shape index (κ2) is 14.7. The van der Waals surface area contributed by atoms with Crippen LogP contribution >= 0.6 is 0 Å². The molecule has 0 saturated carbocycles. The molecular formula is C18H30N6O9. The van der Waals surface area contributed by atoms with Gasteiger partial charge in [-0.2, -0.15) is 0 Å². The Morgan fingerprint density at radius 3 is 1.03 bits per heavy atom. The minimum Gasteiger partial charge on any atom is -0.450 e. The number of rotatable bonds is 15. The molecule has 0 aliphatic rings. The molecule has 0 bridgehead atoms. The fourth-order valence-corrected chi connectivity index (χ4v) is 2.33. The van der Waals surface area contributed by atoms with Crippen LogP contribution in [0.4, 0.5) is 0 Å². The van der Waals surface area contributed by atoms with E-state index < -0.39 is 36.0 Å². The van der Waals surface area contributed by atoms with Crippen molar-refractivity contribution in [2.45, 2.75) is 58.3 Å². The first-order valence-corrected chi connectivity index (χ1v) is 10.1. The number of ether oxygens (including phenoxy) is 3. The quantitative estimate of drug-likeness (QED) is 0.274. The van der Waals surface area contributed by atoms with Crippen LogP contribution < -0.4 is 30.7 Å². The summed E-state index contributed by atoms with van der Waals surface area (Å²) in [6.07, 6.45) is -2.33. The van der Waals surface area contributed by atoms with Gasteiger partial charge in [-0.15, -0.1) is 15.0 Å². The largest absolute Gasteiger partial charge is 0.450 e. The van der Waals surface area contributed by atoms with Crippen molar-refractivity contribution in [1.82, 2.24) is 31.4 Å². The maximum atomic E-state index is 12.1. The maximum Gasteiger partial charge on any atom is 0.326 e. The molecule has 0 aromatic carbocycles. The number of amides is 3. The molecule has 0 radical (unpaired) electrons. The van der Waals surface area contributed by atoms with E-state index in [4.69, 9.17) is 14.2 Å². The highest BCUT2D eigenvalue weighted by Gasteiger charge is 2.26. The molecule has 3 N–H and O–H groups in total. The Labute approximate surface area is 190 Å². The zero-order valence-electron chi connectivity index (χ0n) is 19.4. The SMILES string of the molecule is CCC(Oc1nc(OC(CC)C(=O)NOC)nc(OC(CC)C(=O)NOC)n1)C(=O)NOC. The van der Waals surface area contributed by atoms with Crippen LogP contribution in [0.5, 0.6) is 18.0 Å². The molecule has 33 heavy (non-hydrogen) atoms. The lowest BCUT2D eigenvalue weighted by atomic mass is 10.2. The van der Waals surface area contributed by atoms with Crippen LogP contribution in [0.3, 0.4) is 0 Å². The van der Waals surface area contributed by atoms with Crippen molar-refractivity contribution in [2.75, 3.05) is 21.3 Å². The molecule has 1 heterocycles. The highest BCUT2D eigenvalue weighted by atomic mass is 16.7. The van der Waals surface area contributed by atoms with E-state index in [2.05, 4.69) is 45.9 Å². The topological polar surface area (TPSA) is 181 Å². The van der Waals surface area contributed by atoms with Crippen molar-refractivity contribution in [3.05, 3.63) is 0 Å². The summed E-state index contributed by atoms with van der Waals surface area (Å²) in [5, 5.41) is 0. The van der Waals surface area contributed by atoms with Gasteiger partial charge in [0, 0.05) is 0 Å². The fraction of sp³-hybridized carbons (Fsp3) is 0.667. The standard InChI is InChI=1S/C18H30N6O9/c1-7-10(13(25)22-28-4)31-16-19-17(32-11(8-2)14(26)23-29-5)21-18(20-16)33-12(9-3)15(27)24-30-6/h10-12H,7-9H2,1-6H3,(H,22,25)(H,23,26)(H,24,27). The van der Waals surface area contributed by atoms with Gasteiger partial charge in [-0.25, -0.2) is 16.4 Å². The molecule has 3 atom stereocenters. The molecule has 1 aromatic rings. The molecule has 0 aliphatic carbocycles. The Bertz CT molecular complexity index is 669. The summed E-state index contributed by atoms with van der Waals surface area (Å²) in [6, 6.07) is -1.01. The molecule has 3 unspecified atom stereocenters. The van der Waals surface area contributed by atoms with Crippen molar-refractivity contribution in [3.63, 3.8) is 0 Å². The van der Waals surface area contributed by atoms with Gasteiger partial charge in [-0.05, 0) is 19.3 Å². The molecule has 0 aliphatic heterocycles. The highest BCUT2D eigenvalue weighted by molar-refractivity contribution is 5.80. The van der Waals surface area contributed by atoms with Crippen LogP contribution in [0.1, 0.15) is 40.0 Å². The zero-order chi connectivity index (χ0) is 24.8. The van der Waals surface area contributed by atoms with E-state index in [0.29, 0.717) is 0 Å². The molecule has 15 nitrogen and oxygen atoms in total. The van der Waals surface area contributed by atoms with E-state index in [1.54, 1.807) is 20.8 Å². The summed E-state index contributed by atoms with van der Waals surface area (Å²) in [5.41, 5.74) is 6.47. The number of aromatic nitrogens is 3. The van der Waals surface area contributed by atoms with Gasteiger partial charge < -0.3 is 14.2 Å². The number of carbonyl (C=O) groups is 3. The van der Waals surface area contributed by atoms with Crippen LogP contribution in [-0.2, 0) is 28.9 Å². The summed E-state index contributed by atoms with van der Waals surface area (Å²) in [7, 11) is 3.83. The normalized spacial score (nSPS) is 13.3. The summed E-state index contributed by atoms with van der Waals surface area (Å²) in [4.78, 5) is 62.1. The van der Waals surface area contributed by atoms with Crippen molar-refractivity contribution in [3.8, 4) is 18.0 Å². The second-order valence-corrected chi connectivity index (χ2v) is 6.24. The van der Waals surface area contributed by atoms with Gasteiger partial charge in [0.15, 0.2) is 18.3 Å². The summed E-state index contributed by atoms with van der Waals surface area (Å²) >= 11 is 0. The monoisotopic (exact) mass is 474 g/mol. The van der Waals surface area contributed by atoms with E-state index >= 15 is 0 Å². The van der Waals surface area contributed by atoms with Crippen molar-refractivity contribution in [2.24, 2.45) is 0 Å². The number of nitrogens with zero attached hydrogens (tertiary/aromatic N) is 3. The smallest absolute Gasteiger partial charge is 0.326 e. The fourth-order valence-electron chi connectivity index (χ4n) is 2.33. The summed E-state index contributed by atoms with van der Waals surface area (Å²) < 4.78 is 16.6. The zero-order valence-corrected chi connectivity index (χ0v) is 19.4. The van der Waals surface area contributed by atoms with E-state index in [0.717, 1.165) is 0 Å². The van der Waals surface area contributed by atoms with Crippen LogP contribution in [-0.4, -0.2) is 72.3 Å². The molecular weight excluding hydrogens is 444 g/mol. The number of carbonyl (C=O) groups excluding carboxylic acids is 3. The molecule has 1 aromatic heterocycles. The third-order valence-electron chi connectivity index (χ3n) is 3.91. The number of hydrogen-bond acceptors (Lipinski definition) is 12. The Morgan fingerprint density at radius 2 is 0.848 bits per heavy atom. The molecule has 1 rings (SSSR count). The van der Waals surface area contributed by atoms with Crippen LogP contribution in [0.2, 0.25) is 0 Å². The predicted octanol–water partition coefficient (Wildman–Crippen LogP) is -0.623. The van der Waals surface area contributed by atoms with E-state index in [9.17, 15) is 14.4 Å². The minimum atomic E-state index is -1.02. The summed E-state index contributed by atoms with van der Waals surface area (Å²) in [5.74, 6) is -1.74. The highest BCUT2D eigenvalue weighted by Crippen LogP contribution is 2.19. The van der Waals surface area contributed by atoms with Gasteiger partial charge >= 0.3 is 18.0 Å². The third kappa shape index (κ3) is 8.99. The van der Waals surface area contributed by atoms with Crippen LogP contribution in [0.15, 0.2) is 0 Å². The van der Waals surface area contributed by atoms with Gasteiger partial charge in [-0.3, -0.25) is 28.9 Å². The van der Waals surface area contributed by atoms with E-state index in [1.807, 2.05) is 0 Å². The van der Waals surface area contributed by atoms with Gasteiger partial charge in [0.2, 0.25) is 0 Å². The van der Waals surface area contributed by atoms with Crippen molar-refractivity contribution in [1.29, 1.82) is 0 Å². The third-order valence-corrected chi connectivity index (χ3v) is 3.91. The average Bonchev–Trinajstić information content (AvgIpc) is 2.79. The maximum absolute atomic E-state index is 12.1. The van der Waals surface area contributed by atoms with Gasteiger partial charge in [0.05, 0.1) is 21.3 Å². The molecule has 3 amide bonds. The minimum absolute atomic E-state index is 0.245. The molecule has 0 saturated heterocycles. The Kier molecular flexibility index (Phi) is 12.4. The van der Waals surface area contributed by atoms with Crippen LogP contribution in [0, 0.1) is 0 Å². The lowest BCUT2D eigenvalue weighted by molar-refractivity contribution is -0.139. The van der Waals surface area contributed by atoms with Crippen molar-refractivity contribution >= 4 is 17.7 Å². The van der Waals surface area contributed by atoms with Crippen molar-refractivity contribution < 1.29 is 43.1 Å². The molecule has 186 valence electrons. The Hall–Kier alpha value is -3.30. The first-order valence-electron chi connectivity index (χ1n) is 10.1. The number of nitrogens with one attached hydrogen (secondary N) is 3. The first-order chi connectivity index (χ1) is 15.8. The first kappa shape index (κ1) is 27.7. The van der Waals surface area contributed by atoms with Crippen LogP contribution in [0.25, 0.3) is 0 Å². The predicted molar refractivity (Wildman–Crippen MR) is 109 cm³/mol. The van der Waals surface area contributed by atoms with Gasteiger partial charge in [-0.1, -0.05) is 20.8 Å². The molecule has 0 spiro atoms. The Morgan fingerprint density at radius 1 is 0.606 bits per heavy atom. The average molecular weight is 474 g/mol. The summed E-state index contributed by atoms with van der Waals surface area (Å²) in [6.45, 7) is 5.08. The molecule has 0 fully saturated rings. The van der Waals surface area contributed by atoms with Gasteiger partial charge in [0.1, 0.15) is 0 Å².